The van der Waals surface area contributed by atoms with E-state index in [0.29, 0.717) is 17.1 Å². The Kier molecular flexibility index (Phi) is 7.34. The summed E-state index contributed by atoms with van der Waals surface area (Å²) in [6.45, 7) is -1.87. The third-order valence-electron chi connectivity index (χ3n) is 6.00. The van der Waals surface area contributed by atoms with E-state index in [-0.39, 0.29) is 29.3 Å². The van der Waals surface area contributed by atoms with Gasteiger partial charge >= 0.3 is 6.18 Å². The zero-order valence-corrected chi connectivity index (χ0v) is 19.9. The lowest BCUT2D eigenvalue weighted by molar-refractivity contribution is -0.149. The molecule has 13 heteroatoms. The molecule has 2 aromatic carbocycles. The topological polar surface area (TPSA) is 123 Å². The molecule has 0 unspecified atom stereocenters. The second-order valence-corrected chi connectivity index (χ2v) is 10.2. The first-order valence-electron chi connectivity index (χ1n) is 11.1. The number of benzene rings is 2. The van der Waals surface area contributed by atoms with E-state index >= 15 is 0 Å². The molecule has 4 atom stereocenters. The lowest BCUT2D eigenvalue weighted by atomic mass is 9.84. The summed E-state index contributed by atoms with van der Waals surface area (Å²) in [6, 6.07) is 10.7. The molecule has 3 N–H and O–H groups in total. The lowest BCUT2D eigenvalue weighted by Gasteiger charge is -2.37. The van der Waals surface area contributed by atoms with Crippen LogP contribution in [0, 0.1) is 0 Å². The van der Waals surface area contributed by atoms with Crippen molar-refractivity contribution in [1.82, 2.24) is 5.32 Å². The number of hydrogen-bond donors (Lipinski definition) is 3. The number of alkyl halides is 3. The maximum Gasteiger partial charge on any atom is 0.405 e. The number of aliphatic hydroxyl groups excluding tert-OH is 1. The van der Waals surface area contributed by atoms with Gasteiger partial charge in [0.15, 0.2) is 0 Å². The number of ether oxygens (including phenoxy) is 3. The number of carbonyl (C=O) groups is 1. The average molecular weight is 531 g/mol. The maximum atomic E-state index is 12.9. The van der Waals surface area contributed by atoms with Crippen LogP contribution in [0.4, 0.5) is 18.9 Å². The third-order valence-corrected chi connectivity index (χ3v) is 7.38. The van der Waals surface area contributed by atoms with Gasteiger partial charge in [0.25, 0.3) is 10.0 Å². The van der Waals surface area contributed by atoms with Crippen LogP contribution in [-0.2, 0) is 19.6 Å². The maximum absolute atomic E-state index is 12.9. The molecule has 1 fully saturated rings. The molecule has 1 saturated heterocycles. The van der Waals surface area contributed by atoms with Gasteiger partial charge in [0.05, 0.1) is 31.1 Å². The number of methoxy groups -OCH3 is 1. The SMILES string of the molecule is COc1cccc(S(=O)(=O)Nc2ccc3c(c2)[C@H]2C[C@H](CC(=O)NCC(F)(F)F)O[C@H](CO)[C@H]2O3)c1. The number of anilines is 1. The highest BCUT2D eigenvalue weighted by molar-refractivity contribution is 7.92. The molecule has 0 radical (unpaired) electrons. The van der Waals surface area contributed by atoms with Crippen molar-refractivity contribution in [3.05, 3.63) is 48.0 Å². The highest BCUT2D eigenvalue weighted by Gasteiger charge is 2.46. The van der Waals surface area contributed by atoms with E-state index in [1.165, 1.54) is 25.3 Å². The highest BCUT2D eigenvalue weighted by atomic mass is 32.2. The highest BCUT2D eigenvalue weighted by Crippen LogP contribution is 2.47. The lowest BCUT2D eigenvalue weighted by Crippen LogP contribution is -2.47. The number of carbonyl (C=O) groups excluding carboxylic acids is 1. The molecular formula is C23H25F3N2O7S. The Hall–Kier alpha value is -3.03. The summed E-state index contributed by atoms with van der Waals surface area (Å²) < 4.78 is 82.2. The third kappa shape index (κ3) is 5.85. The number of nitrogens with one attached hydrogen (secondary N) is 2. The number of aliphatic hydroxyl groups is 1. The van der Waals surface area contributed by atoms with Gasteiger partial charge in [-0.1, -0.05) is 6.07 Å². The molecule has 196 valence electrons. The number of rotatable bonds is 8. The Labute approximate surface area is 205 Å². The van der Waals surface area contributed by atoms with E-state index in [4.69, 9.17) is 14.2 Å². The minimum Gasteiger partial charge on any atom is -0.497 e. The number of sulfonamides is 1. The summed E-state index contributed by atoms with van der Waals surface area (Å²) in [6.07, 6.45) is -6.79. The van der Waals surface area contributed by atoms with Gasteiger partial charge in [-0.2, -0.15) is 13.2 Å². The molecule has 36 heavy (non-hydrogen) atoms. The van der Waals surface area contributed by atoms with Crippen LogP contribution in [0.25, 0.3) is 0 Å². The Morgan fingerprint density at radius 2 is 2.00 bits per heavy atom. The summed E-state index contributed by atoms with van der Waals surface area (Å²) in [5, 5.41) is 11.6. The van der Waals surface area contributed by atoms with Crippen LogP contribution in [-0.4, -0.2) is 64.2 Å². The molecule has 2 aliphatic heterocycles. The molecular weight excluding hydrogens is 505 g/mol. The predicted octanol–water partition coefficient (Wildman–Crippen LogP) is 2.56. The second kappa shape index (κ2) is 10.1. The van der Waals surface area contributed by atoms with Crippen LogP contribution in [0.3, 0.4) is 0 Å². The number of hydrogen-bond acceptors (Lipinski definition) is 7. The molecule has 0 spiro atoms. The first-order valence-corrected chi connectivity index (χ1v) is 12.5. The van der Waals surface area contributed by atoms with Crippen molar-refractivity contribution in [2.24, 2.45) is 0 Å². The standard InChI is InChI=1S/C23H25F3N2O7S/c1-33-14-3-2-4-16(8-14)36(31,32)28-13-5-6-19-17(7-13)18-9-15(34-20(11-29)22(18)35-19)10-21(30)27-12-23(24,25)26/h2-8,15,18,20,22,28-29H,9-12H2,1H3,(H,27,30)/t15-,18-,20-,22+/m1/s1. The number of fused-ring (bicyclic) bond motifs is 3. The first kappa shape index (κ1) is 26.0. The molecule has 9 nitrogen and oxygen atoms in total. The van der Waals surface area contributed by atoms with Gasteiger partial charge < -0.3 is 24.6 Å². The van der Waals surface area contributed by atoms with E-state index in [2.05, 4.69) is 4.72 Å². The summed E-state index contributed by atoms with van der Waals surface area (Å²) in [4.78, 5) is 12.0. The average Bonchev–Trinajstić information content (AvgIpc) is 3.19. The van der Waals surface area contributed by atoms with Crippen LogP contribution >= 0.6 is 0 Å². The molecule has 4 rings (SSSR count). The van der Waals surface area contributed by atoms with Crippen molar-refractivity contribution in [1.29, 1.82) is 0 Å². The Morgan fingerprint density at radius 1 is 1.22 bits per heavy atom. The van der Waals surface area contributed by atoms with Crippen molar-refractivity contribution in [2.45, 2.75) is 48.1 Å². The van der Waals surface area contributed by atoms with Crippen LogP contribution in [0.15, 0.2) is 47.4 Å². The molecule has 0 aromatic heterocycles. The molecule has 0 aliphatic carbocycles. The smallest absolute Gasteiger partial charge is 0.405 e. The molecule has 1 amide bonds. The van der Waals surface area contributed by atoms with E-state index < -0.39 is 53.6 Å². The number of amides is 1. The zero-order chi connectivity index (χ0) is 26.1. The molecule has 2 heterocycles. The van der Waals surface area contributed by atoms with Crippen LogP contribution in [0.1, 0.15) is 24.3 Å². The van der Waals surface area contributed by atoms with E-state index in [0.717, 1.165) is 0 Å². The van der Waals surface area contributed by atoms with Crippen molar-refractivity contribution >= 4 is 21.6 Å². The van der Waals surface area contributed by atoms with Gasteiger partial charge in [0.1, 0.15) is 30.3 Å². The monoisotopic (exact) mass is 530 g/mol. The largest absolute Gasteiger partial charge is 0.497 e. The second-order valence-electron chi connectivity index (χ2n) is 8.54. The number of halogens is 3. The van der Waals surface area contributed by atoms with E-state index in [9.17, 15) is 31.5 Å². The van der Waals surface area contributed by atoms with Gasteiger partial charge in [-0.05, 0) is 36.8 Å². The Morgan fingerprint density at radius 3 is 2.69 bits per heavy atom. The summed E-state index contributed by atoms with van der Waals surface area (Å²) in [7, 11) is -2.51. The molecule has 0 bridgehead atoms. The van der Waals surface area contributed by atoms with Crippen LogP contribution < -0.4 is 19.5 Å². The quantitative estimate of drug-likeness (QED) is 0.479. The Bertz CT molecular complexity index is 1220. The van der Waals surface area contributed by atoms with Crippen molar-refractivity contribution in [3.8, 4) is 11.5 Å². The van der Waals surface area contributed by atoms with Crippen LogP contribution in [0.5, 0.6) is 11.5 Å². The molecule has 2 aromatic rings. The van der Waals surface area contributed by atoms with Gasteiger partial charge in [0, 0.05) is 23.2 Å². The summed E-state index contributed by atoms with van der Waals surface area (Å²) in [5.41, 5.74) is 0.917. The van der Waals surface area contributed by atoms with Crippen molar-refractivity contribution < 1.29 is 45.7 Å². The van der Waals surface area contributed by atoms with Crippen molar-refractivity contribution in [3.63, 3.8) is 0 Å². The summed E-state index contributed by atoms with van der Waals surface area (Å²) >= 11 is 0. The fraction of sp³-hybridized carbons (Fsp3) is 0.435. The van der Waals surface area contributed by atoms with Crippen LogP contribution in [0.2, 0.25) is 0 Å². The predicted molar refractivity (Wildman–Crippen MR) is 121 cm³/mol. The fourth-order valence-electron chi connectivity index (χ4n) is 4.41. The van der Waals surface area contributed by atoms with Gasteiger partial charge in [-0.15, -0.1) is 0 Å². The minimum atomic E-state index is -4.53. The van der Waals surface area contributed by atoms with E-state index in [1.54, 1.807) is 24.3 Å². The normalized spacial score (nSPS) is 23.2. The van der Waals surface area contributed by atoms with E-state index in [1.807, 2.05) is 5.32 Å². The molecule has 2 aliphatic rings. The van der Waals surface area contributed by atoms with Gasteiger partial charge in [-0.25, -0.2) is 8.42 Å². The van der Waals surface area contributed by atoms with Gasteiger partial charge in [-0.3, -0.25) is 9.52 Å². The molecule has 0 saturated carbocycles. The van der Waals surface area contributed by atoms with Gasteiger partial charge in [0.2, 0.25) is 5.91 Å². The fourth-order valence-corrected chi connectivity index (χ4v) is 5.50. The first-order chi connectivity index (χ1) is 17.0. The minimum absolute atomic E-state index is 0.00724. The van der Waals surface area contributed by atoms with Crippen molar-refractivity contribution in [2.75, 3.05) is 25.0 Å². The zero-order valence-electron chi connectivity index (χ0n) is 19.1. The Balaban J connectivity index is 1.51. The summed E-state index contributed by atoms with van der Waals surface area (Å²) in [5.74, 6) is -0.344.